The molecule has 1 atom stereocenters. The zero-order chi connectivity index (χ0) is 11.5. The molecule has 1 aliphatic rings. The van der Waals surface area contributed by atoms with Gasteiger partial charge in [-0.1, -0.05) is 20.8 Å². The number of rotatable bonds is 3. The van der Waals surface area contributed by atoms with Crippen LogP contribution in [-0.2, 0) is 0 Å². The van der Waals surface area contributed by atoms with Gasteiger partial charge >= 0.3 is 6.03 Å². The number of nitrogens with zero attached hydrogens (tertiary/aromatic N) is 1. The van der Waals surface area contributed by atoms with E-state index in [-0.39, 0.29) is 12.2 Å². The Morgan fingerprint density at radius 2 is 2.20 bits per heavy atom. The van der Waals surface area contributed by atoms with Crippen LogP contribution in [0.5, 0.6) is 0 Å². The van der Waals surface area contributed by atoms with E-state index in [1.54, 1.807) is 17.2 Å². The van der Waals surface area contributed by atoms with Crippen LogP contribution in [0.3, 0.4) is 0 Å². The van der Waals surface area contributed by atoms with Crippen LogP contribution >= 0.6 is 0 Å². The molecule has 0 aromatic heterocycles. The molecular weight excluding hydrogens is 190 g/mol. The first kappa shape index (κ1) is 12.0. The predicted molar refractivity (Wildman–Crippen MR) is 61.0 cm³/mol. The van der Waals surface area contributed by atoms with Crippen LogP contribution in [0.4, 0.5) is 4.79 Å². The van der Waals surface area contributed by atoms with Gasteiger partial charge in [0.2, 0.25) is 0 Å². The van der Waals surface area contributed by atoms with Gasteiger partial charge in [0.25, 0.3) is 0 Å². The predicted octanol–water partition coefficient (Wildman–Crippen LogP) is 1.64. The summed E-state index contributed by atoms with van der Waals surface area (Å²) >= 11 is 0. The summed E-state index contributed by atoms with van der Waals surface area (Å²) in [7, 11) is 0. The van der Waals surface area contributed by atoms with Gasteiger partial charge in [-0.2, -0.15) is 0 Å². The van der Waals surface area contributed by atoms with Crippen molar-refractivity contribution in [1.29, 1.82) is 0 Å². The summed E-state index contributed by atoms with van der Waals surface area (Å²) in [5, 5.41) is 2.65. The standard InChI is InChI=1S/C11H21N3O/c1-11(2,3)6-4-7-14-8-5-9(12)13-10(14)15/h5,8-9H,4,6-7,12H2,1-3H3,(H,13,15). The molecule has 0 aromatic carbocycles. The molecule has 3 N–H and O–H groups in total. The Hall–Kier alpha value is -1.03. The van der Waals surface area contributed by atoms with Crippen LogP contribution in [-0.4, -0.2) is 23.6 Å². The fourth-order valence-electron chi connectivity index (χ4n) is 1.49. The summed E-state index contributed by atoms with van der Waals surface area (Å²) in [6.07, 6.45) is 5.34. The largest absolute Gasteiger partial charge is 0.322 e. The second-order valence-electron chi connectivity index (χ2n) is 5.17. The third-order valence-electron chi connectivity index (χ3n) is 2.35. The molecule has 2 amide bonds. The van der Waals surface area contributed by atoms with E-state index in [0.29, 0.717) is 5.41 Å². The molecule has 0 fully saturated rings. The van der Waals surface area contributed by atoms with E-state index in [1.165, 1.54) is 0 Å². The van der Waals surface area contributed by atoms with Gasteiger partial charge in [0.15, 0.2) is 0 Å². The molecule has 1 aliphatic heterocycles. The Balaban J connectivity index is 2.33. The Morgan fingerprint density at radius 1 is 1.53 bits per heavy atom. The van der Waals surface area contributed by atoms with E-state index in [4.69, 9.17) is 5.73 Å². The zero-order valence-corrected chi connectivity index (χ0v) is 9.79. The summed E-state index contributed by atoms with van der Waals surface area (Å²) < 4.78 is 0. The number of amides is 2. The molecule has 0 bridgehead atoms. The van der Waals surface area contributed by atoms with E-state index < -0.39 is 0 Å². The molecule has 1 rings (SSSR count). The lowest BCUT2D eigenvalue weighted by Gasteiger charge is -2.26. The molecule has 4 nitrogen and oxygen atoms in total. The molecule has 0 aromatic rings. The Bertz CT molecular complexity index is 255. The van der Waals surface area contributed by atoms with Gasteiger partial charge in [-0.05, 0) is 24.3 Å². The minimum Gasteiger partial charge on any atom is -0.319 e. The number of nitrogens with two attached hydrogens (primary N) is 1. The Labute approximate surface area is 91.5 Å². The molecule has 1 unspecified atom stereocenters. The maximum absolute atomic E-state index is 11.4. The zero-order valence-electron chi connectivity index (χ0n) is 9.79. The quantitative estimate of drug-likeness (QED) is 0.745. The van der Waals surface area contributed by atoms with Crippen molar-refractivity contribution < 1.29 is 4.79 Å². The average Bonchev–Trinajstić information content (AvgIpc) is 2.07. The van der Waals surface area contributed by atoms with Crippen LogP contribution in [0.25, 0.3) is 0 Å². The lowest BCUT2D eigenvalue weighted by molar-refractivity contribution is 0.206. The van der Waals surface area contributed by atoms with E-state index in [2.05, 4.69) is 26.1 Å². The Morgan fingerprint density at radius 3 is 2.73 bits per heavy atom. The van der Waals surface area contributed by atoms with Crippen LogP contribution in [0.15, 0.2) is 12.3 Å². The SMILES string of the molecule is CC(C)(C)CCCN1C=CC(N)NC1=O. The van der Waals surface area contributed by atoms with E-state index in [9.17, 15) is 4.79 Å². The molecule has 15 heavy (non-hydrogen) atoms. The highest BCUT2D eigenvalue weighted by molar-refractivity contribution is 5.76. The summed E-state index contributed by atoms with van der Waals surface area (Å²) in [5.74, 6) is 0. The second-order valence-corrected chi connectivity index (χ2v) is 5.17. The van der Waals surface area contributed by atoms with Crippen LogP contribution in [0.1, 0.15) is 33.6 Å². The van der Waals surface area contributed by atoms with Crippen molar-refractivity contribution in [3.05, 3.63) is 12.3 Å². The van der Waals surface area contributed by atoms with Crippen LogP contribution in [0, 0.1) is 5.41 Å². The van der Waals surface area contributed by atoms with E-state index in [0.717, 1.165) is 19.4 Å². The highest BCUT2D eigenvalue weighted by Crippen LogP contribution is 2.20. The summed E-state index contributed by atoms with van der Waals surface area (Å²) in [5.41, 5.74) is 5.87. The average molecular weight is 211 g/mol. The first-order valence-corrected chi connectivity index (χ1v) is 5.39. The van der Waals surface area contributed by atoms with Crippen LogP contribution in [0.2, 0.25) is 0 Å². The number of hydrogen-bond donors (Lipinski definition) is 2. The highest BCUT2D eigenvalue weighted by atomic mass is 16.2. The molecule has 1 heterocycles. The Kier molecular flexibility index (Phi) is 3.74. The molecular formula is C11H21N3O. The van der Waals surface area contributed by atoms with Gasteiger partial charge in [-0.3, -0.25) is 0 Å². The van der Waals surface area contributed by atoms with Gasteiger partial charge in [0.1, 0.15) is 0 Å². The normalized spacial score (nSPS) is 21.7. The second kappa shape index (κ2) is 4.66. The molecule has 4 heteroatoms. The number of hydrogen-bond acceptors (Lipinski definition) is 2. The van der Waals surface area contributed by atoms with E-state index >= 15 is 0 Å². The molecule has 86 valence electrons. The van der Waals surface area contributed by atoms with Crippen molar-refractivity contribution in [2.75, 3.05) is 6.54 Å². The number of carbonyl (C=O) groups is 1. The van der Waals surface area contributed by atoms with E-state index in [1.807, 2.05) is 0 Å². The van der Waals surface area contributed by atoms with Crippen molar-refractivity contribution in [2.45, 2.75) is 39.8 Å². The maximum atomic E-state index is 11.4. The van der Waals surface area contributed by atoms with Gasteiger partial charge in [0, 0.05) is 12.7 Å². The lowest BCUT2D eigenvalue weighted by atomic mass is 9.90. The maximum Gasteiger partial charge on any atom is 0.322 e. The smallest absolute Gasteiger partial charge is 0.319 e. The molecule has 0 saturated heterocycles. The topological polar surface area (TPSA) is 58.4 Å². The van der Waals surface area contributed by atoms with Gasteiger partial charge in [0.05, 0.1) is 6.17 Å². The highest BCUT2D eigenvalue weighted by Gasteiger charge is 2.18. The van der Waals surface area contributed by atoms with Gasteiger partial charge < -0.3 is 16.0 Å². The van der Waals surface area contributed by atoms with Gasteiger partial charge in [-0.25, -0.2) is 4.79 Å². The number of carbonyl (C=O) groups excluding carboxylic acids is 1. The van der Waals surface area contributed by atoms with Gasteiger partial charge in [-0.15, -0.1) is 0 Å². The van der Waals surface area contributed by atoms with Crippen molar-refractivity contribution >= 4 is 6.03 Å². The summed E-state index contributed by atoms with van der Waals surface area (Å²) in [6, 6.07) is -0.0982. The lowest BCUT2D eigenvalue weighted by Crippen LogP contribution is -2.49. The minimum atomic E-state index is -0.337. The third kappa shape index (κ3) is 4.34. The van der Waals surface area contributed by atoms with Crippen molar-refractivity contribution in [2.24, 2.45) is 11.1 Å². The first-order valence-electron chi connectivity index (χ1n) is 5.39. The molecule has 0 spiro atoms. The van der Waals surface area contributed by atoms with Crippen molar-refractivity contribution in [3.8, 4) is 0 Å². The van der Waals surface area contributed by atoms with Crippen molar-refractivity contribution in [1.82, 2.24) is 10.2 Å². The van der Waals surface area contributed by atoms with Crippen LogP contribution < -0.4 is 11.1 Å². The molecule has 0 saturated carbocycles. The monoisotopic (exact) mass is 211 g/mol. The number of nitrogens with one attached hydrogen (secondary N) is 1. The van der Waals surface area contributed by atoms with Crippen molar-refractivity contribution in [3.63, 3.8) is 0 Å². The minimum absolute atomic E-state index is 0.0982. The fraction of sp³-hybridized carbons (Fsp3) is 0.727. The summed E-state index contributed by atoms with van der Waals surface area (Å²) in [4.78, 5) is 13.1. The number of urea groups is 1. The summed E-state index contributed by atoms with van der Waals surface area (Å²) in [6.45, 7) is 7.37. The third-order valence-corrected chi connectivity index (χ3v) is 2.35. The molecule has 0 radical (unpaired) electrons. The first-order chi connectivity index (χ1) is 6.88. The molecule has 0 aliphatic carbocycles. The fourth-order valence-corrected chi connectivity index (χ4v) is 1.49.